The molecule has 0 bridgehead atoms. The number of hydrogen-bond acceptors (Lipinski definition) is 5. The summed E-state index contributed by atoms with van der Waals surface area (Å²) in [6, 6.07) is -0.766. The summed E-state index contributed by atoms with van der Waals surface area (Å²) in [5.74, 6) is 0.431. The van der Waals surface area contributed by atoms with Crippen LogP contribution in [0.15, 0.2) is 11.6 Å². The SMILES string of the molecule is C[C@]12CC[C@@H]3[C@H](CCC4=CC(=O)CC[C@@]43C)[C@@H]1CC[C@H]2OC(=O)CCC(=O)N1CCC[C@H]1C(=O)O. The second-order valence-electron chi connectivity index (χ2n) is 12.2. The van der Waals surface area contributed by atoms with Crippen molar-refractivity contribution < 1.29 is 29.0 Å². The molecule has 5 rings (SSSR count). The third-order valence-corrected chi connectivity index (χ3v) is 10.5. The lowest BCUT2D eigenvalue weighted by Crippen LogP contribution is -2.51. The summed E-state index contributed by atoms with van der Waals surface area (Å²) in [5, 5.41) is 9.31. The van der Waals surface area contributed by atoms with Gasteiger partial charge in [0, 0.05) is 24.8 Å². The van der Waals surface area contributed by atoms with Crippen LogP contribution in [-0.4, -0.2) is 52.3 Å². The maximum atomic E-state index is 12.8. The standard InChI is InChI=1S/C28H39NO6/c1-27-13-11-18(30)16-17(27)5-6-19-20-7-8-23(28(20,2)14-12-21(19)27)35-25(32)10-9-24(31)29-15-3-4-22(29)26(33)34/h16,19-23H,3-15H2,1-2H3,(H,33,34)/t19-,20+,21-,22+,23-,27+,28+/m1/s1. The molecule has 192 valence electrons. The molecule has 1 aliphatic heterocycles. The van der Waals surface area contributed by atoms with Crippen molar-refractivity contribution in [3.63, 3.8) is 0 Å². The van der Waals surface area contributed by atoms with Crippen molar-refractivity contribution >= 4 is 23.6 Å². The molecule has 4 aliphatic carbocycles. The van der Waals surface area contributed by atoms with Gasteiger partial charge in [0.1, 0.15) is 12.1 Å². The van der Waals surface area contributed by atoms with Gasteiger partial charge in [-0.2, -0.15) is 0 Å². The van der Waals surface area contributed by atoms with Gasteiger partial charge in [0.05, 0.1) is 6.42 Å². The molecule has 4 fully saturated rings. The molecule has 7 nitrogen and oxygen atoms in total. The van der Waals surface area contributed by atoms with Gasteiger partial charge >= 0.3 is 11.9 Å². The topological polar surface area (TPSA) is 101 Å². The van der Waals surface area contributed by atoms with E-state index in [1.54, 1.807) is 0 Å². The highest BCUT2D eigenvalue weighted by atomic mass is 16.5. The smallest absolute Gasteiger partial charge is 0.326 e. The number of carbonyl (C=O) groups is 4. The molecule has 7 atom stereocenters. The number of rotatable bonds is 5. The van der Waals surface area contributed by atoms with Crippen molar-refractivity contribution in [2.24, 2.45) is 28.6 Å². The van der Waals surface area contributed by atoms with Gasteiger partial charge in [0.15, 0.2) is 5.78 Å². The number of carboxylic acids is 1. The van der Waals surface area contributed by atoms with Gasteiger partial charge < -0.3 is 14.7 Å². The molecule has 1 saturated heterocycles. The molecule has 0 aromatic heterocycles. The summed E-state index contributed by atoms with van der Waals surface area (Å²) < 4.78 is 6.01. The van der Waals surface area contributed by atoms with E-state index in [9.17, 15) is 24.3 Å². The second-order valence-corrected chi connectivity index (χ2v) is 12.2. The molecule has 5 aliphatic rings. The summed E-state index contributed by atoms with van der Waals surface area (Å²) in [6.07, 6.45) is 10.8. The van der Waals surface area contributed by atoms with Crippen LogP contribution in [0.5, 0.6) is 0 Å². The number of ether oxygens (including phenoxy) is 1. The Bertz CT molecular complexity index is 957. The molecule has 1 amide bonds. The highest BCUT2D eigenvalue weighted by molar-refractivity contribution is 5.91. The first kappa shape index (κ1) is 24.5. The van der Waals surface area contributed by atoms with Gasteiger partial charge in [-0.15, -0.1) is 0 Å². The summed E-state index contributed by atoms with van der Waals surface area (Å²) in [5.41, 5.74) is 1.47. The number of ketones is 1. The van der Waals surface area contributed by atoms with Gasteiger partial charge in [-0.3, -0.25) is 14.4 Å². The van der Waals surface area contributed by atoms with Gasteiger partial charge in [0.25, 0.3) is 0 Å². The number of aliphatic carboxylic acids is 1. The van der Waals surface area contributed by atoms with E-state index in [4.69, 9.17) is 4.74 Å². The number of nitrogens with zero attached hydrogens (tertiary/aromatic N) is 1. The second kappa shape index (κ2) is 9.04. The third kappa shape index (κ3) is 4.13. The van der Waals surface area contributed by atoms with E-state index < -0.39 is 12.0 Å². The highest BCUT2D eigenvalue weighted by Crippen LogP contribution is 2.65. The van der Waals surface area contributed by atoms with Crippen LogP contribution < -0.4 is 0 Å². The van der Waals surface area contributed by atoms with Crippen LogP contribution in [0, 0.1) is 28.6 Å². The fourth-order valence-corrected chi connectivity index (χ4v) is 8.60. The van der Waals surface area contributed by atoms with Crippen LogP contribution in [0.4, 0.5) is 0 Å². The van der Waals surface area contributed by atoms with Crippen molar-refractivity contribution in [3.8, 4) is 0 Å². The third-order valence-electron chi connectivity index (χ3n) is 10.5. The van der Waals surface area contributed by atoms with E-state index in [-0.39, 0.29) is 47.4 Å². The first-order valence-corrected chi connectivity index (χ1v) is 13.6. The zero-order valence-corrected chi connectivity index (χ0v) is 21.1. The monoisotopic (exact) mass is 485 g/mol. The number of carboxylic acid groups (broad SMARTS) is 1. The minimum absolute atomic E-state index is 0.00519. The lowest BCUT2D eigenvalue weighted by Gasteiger charge is -2.57. The van der Waals surface area contributed by atoms with Gasteiger partial charge in [-0.05, 0) is 87.0 Å². The number of fused-ring (bicyclic) bond motifs is 5. The molecule has 35 heavy (non-hydrogen) atoms. The zero-order chi connectivity index (χ0) is 25.0. The Morgan fingerprint density at radius 1 is 1.03 bits per heavy atom. The van der Waals surface area contributed by atoms with Crippen LogP contribution in [-0.2, 0) is 23.9 Å². The Hall–Kier alpha value is -2.18. The number of allylic oxidation sites excluding steroid dienone is 1. The van der Waals surface area contributed by atoms with Crippen molar-refractivity contribution in [1.82, 2.24) is 4.90 Å². The molecule has 0 spiro atoms. The molecule has 0 unspecified atom stereocenters. The van der Waals surface area contributed by atoms with E-state index in [1.807, 2.05) is 6.08 Å². The highest BCUT2D eigenvalue weighted by Gasteiger charge is 2.60. The minimum Gasteiger partial charge on any atom is -0.480 e. The van der Waals surface area contributed by atoms with Gasteiger partial charge in [0.2, 0.25) is 5.91 Å². The first-order valence-electron chi connectivity index (χ1n) is 13.6. The quantitative estimate of drug-likeness (QED) is 0.583. The van der Waals surface area contributed by atoms with Crippen LogP contribution in [0.25, 0.3) is 0 Å². The predicted molar refractivity (Wildman–Crippen MR) is 128 cm³/mol. The first-order chi connectivity index (χ1) is 16.6. The lowest BCUT2D eigenvalue weighted by molar-refractivity contribution is -0.161. The van der Waals surface area contributed by atoms with E-state index in [0.29, 0.717) is 43.6 Å². The minimum atomic E-state index is -0.974. The van der Waals surface area contributed by atoms with Crippen LogP contribution in [0.2, 0.25) is 0 Å². The number of esters is 1. The van der Waals surface area contributed by atoms with Crippen LogP contribution in [0.3, 0.4) is 0 Å². The fraction of sp³-hybridized carbons (Fsp3) is 0.786. The maximum Gasteiger partial charge on any atom is 0.326 e. The largest absolute Gasteiger partial charge is 0.480 e. The van der Waals surface area contributed by atoms with Crippen molar-refractivity contribution in [3.05, 3.63) is 11.6 Å². The molecule has 1 heterocycles. The summed E-state index contributed by atoms with van der Waals surface area (Å²) in [7, 11) is 0. The van der Waals surface area contributed by atoms with Crippen LogP contribution >= 0.6 is 0 Å². The Labute approximate surface area is 207 Å². The molecular formula is C28H39NO6. The molecule has 1 N–H and O–H groups in total. The average molecular weight is 486 g/mol. The van der Waals surface area contributed by atoms with E-state index in [1.165, 1.54) is 10.5 Å². The van der Waals surface area contributed by atoms with E-state index in [2.05, 4.69) is 13.8 Å². The molecule has 0 aromatic carbocycles. The Morgan fingerprint density at radius 2 is 1.83 bits per heavy atom. The predicted octanol–water partition coefficient (Wildman–Crippen LogP) is 4.29. The van der Waals surface area contributed by atoms with Crippen molar-refractivity contribution in [2.75, 3.05) is 6.54 Å². The summed E-state index contributed by atoms with van der Waals surface area (Å²) in [6.45, 7) is 5.12. The average Bonchev–Trinajstić information content (AvgIpc) is 3.43. The van der Waals surface area contributed by atoms with Gasteiger partial charge in [-0.1, -0.05) is 19.4 Å². The van der Waals surface area contributed by atoms with Crippen LogP contribution in [0.1, 0.15) is 90.9 Å². The maximum absolute atomic E-state index is 12.8. The molecular weight excluding hydrogens is 446 g/mol. The molecule has 0 aromatic rings. The lowest BCUT2D eigenvalue weighted by atomic mass is 9.47. The Morgan fingerprint density at radius 3 is 2.60 bits per heavy atom. The van der Waals surface area contributed by atoms with Crippen molar-refractivity contribution in [1.29, 1.82) is 0 Å². The van der Waals surface area contributed by atoms with E-state index in [0.717, 1.165) is 44.9 Å². The summed E-state index contributed by atoms with van der Waals surface area (Å²) >= 11 is 0. The van der Waals surface area contributed by atoms with Crippen molar-refractivity contribution in [2.45, 2.75) is 103 Å². The molecule has 3 saturated carbocycles. The number of likely N-dealkylation sites (tertiary alicyclic amines) is 1. The molecule has 0 radical (unpaired) electrons. The van der Waals surface area contributed by atoms with E-state index >= 15 is 0 Å². The Kier molecular flexibility index (Phi) is 6.33. The zero-order valence-electron chi connectivity index (χ0n) is 21.1. The number of carbonyl (C=O) groups excluding carboxylic acids is 3. The summed E-state index contributed by atoms with van der Waals surface area (Å²) in [4.78, 5) is 50.1. The molecule has 7 heteroatoms. The number of amides is 1. The Balaban J connectivity index is 1.20. The fourth-order valence-electron chi connectivity index (χ4n) is 8.60. The number of hydrogen-bond donors (Lipinski definition) is 1. The van der Waals surface area contributed by atoms with Gasteiger partial charge in [-0.25, -0.2) is 4.79 Å². The normalized spacial score (nSPS) is 40.4.